The Labute approximate surface area is 142 Å². The van der Waals surface area contributed by atoms with Gasteiger partial charge in [-0.05, 0) is 32.1 Å². The molecular weight excluding hydrogens is 308 g/mol. The summed E-state index contributed by atoms with van der Waals surface area (Å²) >= 11 is 0. The second-order valence-electron chi connectivity index (χ2n) is 6.83. The predicted molar refractivity (Wildman–Crippen MR) is 87.2 cm³/mol. The maximum Gasteiger partial charge on any atom is 0.231 e. The maximum absolute atomic E-state index is 12.2. The number of amides is 2. The zero-order chi connectivity index (χ0) is 16.9. The third-order valence-corrected chi connectivity index (χ3v) is 4.66. The van der Waals surface area contributed by atoms with Crippen LogP contribution in [0.15, 0.2) is 4.52 Å². The summed E-state index contributed by atoms with van der Waals surface area (Å²) in [5.41, 5.74) is 0. The van der Waals surface area contributed by atoms with E-state index in [-0.39, 0.29) is 30.1 Å². The van der Waals surface area contributed by atoms with Crippen LogP contribution in [-0.2, 0) is 16.0 Å². The van der Waals surface area contributed by atoms with Crippen molar-refractivity contribution in [1.29, 1.82) is 0 Å². The first kappa shape index (κ1) is 16.9. The molecule has 24 heavy (non-hydrogen) atoms. The number of likely N-dealkylation sites (tertiary alicyclic amines) is 1. The monoisotopic (exact) mass is 334 g/mol. The molecular formula is C17H26N4O3. The number of hydrogen-bond donors (Lipinski definition) is 1. The van der Waals surface area contributed by atoms with Gasteiger partial charge in [-0.15, -0.1) is 0 Å². The van der Waals surface area contributed by atoms with Crippen LogP contribution in [0.2, 0.25) is 0 Å². The largest absolute Gasteiger partial charge is 0.356 e. The Morgan fingerprint density at radius 2 is 2.17 bits per heavy atom. The predicted octanol–water partition coefficient (Wildman–Crippen LogP) is 1.64. The highest BCUT2D eigenvalue weighted by Crippen LogP contribution is 2.34. The molecule has 1 atom stereocenters. The summed E-state index contributed by atoms with van der Waals surface area (Å²) in [6.07, 6.45) is 6.11. The molecule has 2 heterocycles. The number of rotatable bonds is 7. The van der Waals surface area contributed by atoms with Gasteiger partial charge in [-0.1, -0.05) is 18.5 Å². The Bertz CT molecular complexity index is 582. The molecule has 1 aromatic heterocycles. The summed E-state index contributed by atoms with van der Waals surface area (Å²) in [6, 6.07) is 0. The lowest BCUT2D eigenvalue weighted by Gasteiger charge is -2.31. The second-order valence-corrected chi connectivity index (χ2v) is 6.83. The van der Waals surface area contributed by atoms with Gasteiger partial charge in [0.2, 0.25) is 17.7 Å². The minimum atomic E-state index is -0.0787. The molecule has 2 aliphatic rings. The van der Waals surface area contributed by atoms with Gasteiger partial charge in [0, 0.05) is 25.6 Å². The van der Waals surface area contributed by atoms with Crippen molar-refractivity contribution in [2.45, 2.75) is 57.8 Å². The Kier molecular flexibility index (Phi) is 5.48. The van der Waals surface area contributed by atoms with Crippen molar-refractivity contribution in [2.75, 3.05) is 19.6 Å². The average molecular weight is 334 g/mol. The number of unbranched alkanes of at least 4 members (excludes halogenated alkanes) is 1. The molecule has 2 fully saturated rings. The third-order valence-electron chi connectivity index (χ3n) is 4.66. The zero-order valence-electron chi connectivity index (χ0n) is 14.3. The molecule has 7 nitrogen and oxygen atoms in total. The lowest BCUT2D eigenvalue weighted by atomic mass is 9.97. The zero-order valence-corrected chi connectivity index (χ0v) is 14.3. The van der Waals surface area contributed by atoms with Crippen molar-refractivity contribution in [3.8, 4) is 0 Å². The lowest BCUT2D eigenvalue weighted by Crippen LogP contribution is -2.40. The van der Waals surface area contributed by atoms with Gasteiger partial charge in [0.05, 0.1) is 12.3 Å². The van der Waals surface area contributed by atoms with Crippen LogP contribution >= 0.6 is 0 Å². The molecule has 1 saturated heterocycles. The van der Waals surface area contributed by atoms with Gasteiger partial charge in [0.15, 0.2) is 5.82 Å². The van der Waals surface area contributed by atoms with Gasteiger partial charge < -0.3 is 14.7 Å². The van der Waals surface area contributed by atoms with E-state index >= 15 is 0 Å². The lowest BCUT2D eigenvalue weighted by molar-refractivity contribution is -0.133. The molecule has 0 unspecified atom stereocenters. The number of aromatic nitrogens is 2. The van der Waals surface area contributed by atoms with E-state index in [2.05, 4.69) is 22.4 Å². The molecule has 1 N–H and O–H groups in total. The van der Waals surface area contributed by atoms with Crippen LogP contribution < -0.4 is 5.32 Å². The number of carbonyl (C=O) groups is 2. The summed E-state index contributed by atoms with van der Waals surface area (Å²) < 4.78 is 5.36. The molecule has 1 aromatic rings. The Morgan fingerprint density at radius 3 is 2.92 bits per heavy atom. The standard InChI is InChI=1S/C17H26N4O3/c1-2-3-8-18-15(22)10-14-19-16(24-20-14)13-5-4-9-21(11-13)17(23)12-6-7-12/h12-13H,2-11H2,1H3,(H,18,22)/t13-/m1/s1. The van der Waals surface area contributed by atoms with Crippen LogP contribution in [0.3, 0.4) is 0 Å². The maximum atomic E-state index is 12.2. The topological polar surface area (TPSA) is 88.3 Å². The average Bonchev–Trinajstić information content (AvgIpc) is 3.34. The van der Waals surface area contributed by atoms with E-state index in [1.54, 1.807) is 0 Å². The molecule has 3 rings (SSSR count). The molecule has 1 aliphatic heterocycles. The summed E-state index contributed by atoms with van der Waals surface area (Å²) in [5, 5.41) is 6.78. The fraction of sp³-hybridized carbons (Fsp3) is 0.765. The first-order valence-electron chi connectivity index (χ1n) is 9.05. The third kappa shape index (κ3) is 4.33. The Morgan fingerprint density at radius 1 is 1.33 bits per heavy atom. The minimum absolute atomic E-state index is 0.0787. The van der Waals surface area contributed by atoms with Crippen LogP contribution in [0.1, 0.15) is 63.1 Å². The van der Waals surface area contributed by atoms with Gasteiger partial charge >= 0.3 is 0 Å². The van der Waals surface area contributed by atoms with E-state index in [9.17, 15) is 9.59 Å². The van der Waals surface area contributed by atoms with E-state index in [1.165, 1.54) is 0 Å². The number of carbonyl (C=O) groups excluding carboxylic acids is 2. The van der Waals surface area contributed by atoms with E-state index < -0.39 is 0 Å². The minimum Gasteiger partial charge on any atom is -0.356 e. The molecule has 0 spiro atoms. The van der Waals surface area contributed by atoms with Crippen LogP contribution in [0.4, 0.5) is 0 Å². The van der Waals surface area contributed by atoms with Gasteiger partial charge in [-0.2, -0.15) is 4.98 Å². The molecule has 132 valence electrons. The Hall–Kier alpha value is -1.92. The number of nitrogens with zero attached hydrogens (tertiary/aromatic N) is 3. The SMILES string of the molecule is CCCCNC(=O)Cc1noc([C@@H]2CCCN(C(=O)C3CC3)C2)n1. The number of hydrogen-bond acceptors (Lipinski definition) is 5. The van der Waals surface area contributed by atoms with Crippen molar-refractivity contribution in [2.24, 2.45) is 5.92 Å². The molecule has 1 aliphatic carbocycles. The van der Waals surface area contributed by atoms with Crippen LogP contribution in [0, 0.1) is 5.92 Å². The second kappa shape index (κ2) is 7.77. The molecule has 0 bridgehead atoms. The highest BCUT2D eigenvalue weighted by molar-refractivity contribution is 5.81. The summed E-state index contributed by atoms with van der Waals surface area (Å²) in [4.78, 5) is 30.3. The fourth-order valence-electron chi connectivity index (χ4n) is 3.08. The molecule has 2 amide bonds. The first-order chi connectivity index (χ1) is 11.7. The Balaban J connectivity index is 1.52. The van der Waals surface area contributed by atoms with Crippen LogP contribution in [0.25, 0.3) is 0 Å². The van der Waals surface area contributed by atoms with E-state index in [0.717, 1.165) is 45.1 Å². The van der Waals surface area contributed by atoms with Gasteiger partial charge in [0.1, 0.15) is 0 Å². The van der Waals surface area contributed by atoms with E-state index in [1.807, 2.05) is 4.90 Å². The number of piperidine rings is 1. The smallest absolute Gasteiger partial charge is 0.231 e. The first-order valence-corrected chi connectivity index (χ1v) is 9.05. The summed E-state index contributed by atoms with van der Waals surface area (Å²) in [7, 11) is 0. The normalized spacial score (nSPS) is 20.9. The van der Waals surface area contributed by atoms with E-state index in [0.29, 0.717) is 24.8 Å². The van der Waals surface area contributed by atoms with Crippen molar-refractivity contribution in [3.05, 3.63) is 11.7 Å². The molecule has 1 saturated carbocycles. The van der Waals surface area contributed by atoms with Crippen molar-refractivity contribution < 1.29 is 14.1 Å². The quantitative estimate of drug-likeness (QED) is 0.766. The van der Waals surface area contributed by atoms with Crippen molar-refractivity contribution >= 4 is 11.8 Å². The van der Waals surface area contributed by atoms with Crippen molar-refractivity contribution in [3.63, 3.8) is 0 Å². The highest BCUT2D eigenvalue weighted by Gasteiger charge is 2.36. The highest BCUT2D eigenvalue weighted by atomic mass is 16.5. The van der Waals surface area contributed by atoms with Gasteiger partial charge in [-0.3, -0.25) is 9.59 Å². The summed E-state index contributed by atoms with van der Waals surface area (Å²) in [5.74, 6) is 1.50. The van der Waals surface area contributed by atoms with Crippen LogP contribution in [0.5, 0.6) is 0 Å². The van der Waals surface area contributed by atoms with Gasteiger partial charge in [0.25, 0.3) is 0 Å². The molecule has 0 radical (unpaired) electrons. The molecule has 7 heteroatoms. The van der Waals surface area contributed by atoms with Crippen LogP contribution in [-0.4, -0.2) is 46.5 Å². The van der Waals surface area contributed by atoms with Gasteiger partial charge in [-0.25, -0.2) is 0 Å². The number of nitrogens with one attached hydrogen (secondary N) is 1. The fourth-order valence-corrected chi connectivity index (χ4v) is 3.08. The van der Waals surface area contributed by atoms with E-state index in [4.69, 9.17) is 4.52 Å². The summed E-state index contributed by atoms with van der Waals surface area (Å²) in [6.45, 7) is 4.24. The van der Waals surface area contributed by atoms with Crippen molar-refractivity contribution in [1.82, 2.24) is 20.4 Å². The molecule has 0 aromatic carbocycles.